The van der Waals surface area contributed by atoms with Gasteiger partial charge in [-0.05, 0) is 60.4 Å². The smallest absolute Gasteiger partial charge is 0.255 e. The van der Waals surface area contributed by atoms with E-state index in [1.807, 2.05) is 19.1 Å². The number of hydrogen-bond acceptors (Lipinski definition) is 3. The largest absolute Gasteiger partial charge is 0.493 e. The zero-order valence-electron chi connectivity index (χ0n) is 18.7. The van der Waals surface area contributed by atoms with Crippen LogP contribution in [0, 0.1) is 0 Å². The summed E-state index contributed by atoms with van der Waals surface area (Å²) >= 11 is 12.2. The van der Waals surface area contributed by atoms with Crippen LogP contribution < -0.4 is 14.8 Å². The molecule has 1 amide bonds. The molecule has 0 spiro atoms. The van der Waals surface area contributed by atoms with Gasteiger partial charge in [-0.2, -0.15) is 0 Å². The molecule has 0 atom stereocenters. The highest BCUT2D eigenvalue weighted by atomic mass is 35.5. The Hall–Kier alpha value is -2.69. The van der Waals surface area contributed by atoms with Gasteiger partial charge in [-0.3, -0.25) is 4.79 Å². The zero-order valence-corrected chi connectivity index (χ0v) is 20.2. The second kappa shape index (κ2) is 10.3. The third-order valence-corrected chi connectivity index (χ3v) is 5.76. The lowest BCUT2D eigenvalue weighted by molar-refractivity contribution is 0.102. The molecule has 4 nitrogen and oxygen atoms in total. The Morgan fingerprint density at radius 2 is 1.69 bits per heavy atom. The molecule has 0 saturated carbocycles. The van der Waals surface area contributed by atoms with Crippen LogP contribution >= 0.6 is 23.2 Å². The normalized spacial score (nSPS) is 11.2. The predicted octanol–water partition coefficient (Wildman–Crippen LogP) is 7.52. The van der Waals surface area contributed by atoms with Crippen LogP contribution in [0.1, 0.15) is 49.2 Å². The Kier molecular flexibility index (Phi) is 7.70. The van der Waals surface area contributed by atoms with Gasteiger partial charge in [0.15, 0.2) is 0 Å². The Balaban J connectivity index is 1.78. The molecule has 3 rings (SSSR count). The van der Waals surface area contributed by atoms with Gasteiger partial charge in [0.2, 0.25) is 0 Å². The molecule has 168 valence electrons. The van der Waals surface area contributed by atoms with Crippen LogP contribution in [-0.2, 0) is 12.0 Å². The van der Waals surface area contributed by atoms with Crippen molar-refractivity contribution in [2.24, 2.45) is 0 Å². The number of anilines is 1. The molecule has 3 aromatic rings. The van der Waals surface area contributed by atoms with Gasteiger partial charge in [0.1, 0.15) is 18.1 Å². The summed E-state index contributed by atoms with van der Waals surface area (Å²) in [6.45, 7) is 9.21. The summed E-state index contributed by atoms with van der Waals surface area (Å²) in [6.07, 6.45) is 0. The first-order chi connectivity index (χ1) is 15.2. The van der Waals surface area contributed by atoms with E-state index < -0.39 is 0 Å². The van der Waals surface area contributed by atoms with Crippen LogP contribution in [0.2, 0.25) is 10.0 Å². The van der Waals surface area contributed by atoms with Crippen molar-refractivity contribution >= 4 is 34.8 Å². The van der Waals surface area contributed by atoms with E-state index >= 15 is 0 Å². The van der Waals surface area contributed by atoms with Gasteiger partial charge in [0.25, 0.3) is 5.91 Å². The van der Waals surface area contributed by atoms with Crippen LogP contribution in [0.4, 0.5) is 5.69 Å². The molecule has 0 aromatic heterocycles. The van der Waals surface area contributed by atoms with Crippen molar-refractivity contribution in [2.45, 2.75) is 39.7 Å². The number of hydrogen-bond donors (Lipinski definition) is 1. The summed E-state index contributed by atoms with van der Waals surface area (Å²) in [5.74, 6) is 1.13. The van der Waals surface area contributed by atoms with Crippen LogP contribution in [-0.4, -0.2) is 12.5 Å². The highest BCUT2D eigenvalue weighted by Crippen LogP contribution is 2.30. The number of benzene rings is 3. The van der Waals surface area contributed by atoms with Crippen LogP contribution in [0.25, 0.3) is 0 Å². The average Bonchev–Trinajstić information content (AvgIpc) is 2.76. The quantitative estimate of drug-likeness (QED) is 0.387. The van der Waals surface area contributed by atoms with E-state index in [1.54, 1.807) is 36.4 Å². The lowest BCUT2D eigenvalue weighted by Crippen LogP contribution is -2.13. The molecule has 0 bridgehead atoms. The molecule has 32 heavy (non-hydrogen) atoms. The van der Waals surface area contributed by atoms with E-state index in [9.17, 15) is 4.79 Å². The molecule has 0 unspecified atom stereocenters. The molecule has 3 aromatic carbocycles. The maximum Gasteiger partial charge on any atom is 0.255 e. The third-order valence-electron chi connectivity index (χ3n) is 4.94. The average molecular weight is 472 g/mol. The second-order valence-electron chi connectivity index (χ2n) is 8.37. The first-order valence-corrected chi connectivity index (χ1v) is 11.2. The van der Waals surface area contributed by atoms with Crippen molar-refractivity contribution in [3.05, 3.63) is 87.4 Å². The molecule has 0 saturated heterocycles. The van der Waals surface area contributed by atoms with Crippen molar-refractivity contribution in [1.29, 1.82) is 0 Å². The molecular weight excluding hydrogens is 445 g/mol. The van der Waals surface area contributed by atoms with Crippen molar-refractivity contribution in [2.75, 3.05) is 11.9 Å². The maximum absolute atomic E-state index is 12.8. The number of carbonyl (C=O) groups excluding carboxylic acids is 1. The Bertz CT molecular complexity index is 1090. The fourth-order valence-corrected chi connectivity index (χ4v) is 3.48. The number of amides is 1. The standard InChI is InChI=1S/C26H27Cl2NO3/c1-5-31-23-14-9-17(25(30)29-22-8-6-7-21(27)24(22)28)15-18(23)16-32-20-12-10-19(11-13-20)26(2,3)4/h6-15H,5,16H2,1-4H3,(H,29,30). The fourth-order valence-electron chi connectivity index (χ4n) is 3.14. The Morgan fingerprint density at radius 1 is 0.969 bits per heavy atom. The van der Waals surface area contributed by atoms with Gasteiger partial charge in [-0.15, -0.1) is 0 Å². The molecule has 1 N–H and O–H groups in total. The number of carbonyl (C=O) groups is 1. The van der Waals surface area contributed by atoms with Crippen LogP contribution in [0.5, 0.6) is 11.5 Å². The number of halogens is 2. The van der Waals surface area contributed by atoms with E-state index in [-0.39, 0.29) is 17.9 Å². The number of rotatable bonds is 7. The topological polar surface area (TPSA) is 47.6 Å². The summed E-state index contributed by atoms with van der Waals surface area (Å²) in [5, 5.41) is 3.48. The Labute approximate surface area is 199 Å². The highest BCUT2D eigenvalue weighted by molar-refractivity contribution is 6.44. The molecule has 0 radical (unpaired) electrons. The van der Waals surface area contributed by atoms with E-state index in [0.29, 0.717) is 33.7 Å². The van der Waals surface area contributed by atoms with Crippen molar-refractivity contribution in [3.8, 4) is 11.5 Å². The fraction of sp³-hybridized carbons (Fsp3) is 0.269. The summed E-state index contributed by atoms with van der Waals surface area (Å²) in [4.78, 5) is 12.8. The summed E-state index contributed by atoms with van der Waals surface area (Å²) in [5.41, 5.74) is 3.00. The van der Waals surface area contributed by atoms with E-state index in [2.05, 4.69) is 38.2 Å². The highest BCUT2D eigenvalue weighted by Gasteiger charge is 2.15. The summed E-state index contributed by atoms with van der Waals surface area (Å²) in [7, 11) is 0. The minimum Gasteiger partial charge on any atom is -0.493 e. The second-order valence-corrected chi connectivity index (χ2v) is 9.16. The molecule has 0 fully saturated rings. The number of ether oxygens (including phenoxy) is 2. The minimum atomic E-state index is -0.298. The zero-order chi connectivity index (χ0) is 23.3. The van der Waals surface area contributed by atoms with Crippen LogP contribution in [0.15, 0.2) is 60.7 Å². The number of nitrogens with one attached hydrogen (secondary N) is 1. The summed E-state index contributed by atoms with van der Waals surface area (Å²) in [6, 6.07) is 18.4. The Morgan fingerprint density at radius 3 is 2.34 bits per heavy atom. The van der Waals surface area contributed by atoms with Gasteiger partial charge in [-0.1, -0.05) is 62.2 Å². The molecule has 0 aliphatic carbocycles. The van der Waals surface area contributed by atoms with Crippen molar-refractivity contribution < 1.29 is 14.3 Å². The van der Waals surface area contributed by atoms with Crippen molar-refractivity contribution in [3.63, 3.8) is 0 Å². The maximum atomic E-state index is 12.8. The molecule has 6 heteroatoms. The lowest BCUT2D eigenvalue weighted by Gasteiger charge is -2.19. The third kappa shape index (κ3) is 5.96. The van der Waals surface area contributed by atoms with Gasteiger partial charge in [0.05, 0.1) is 22.3 Å². The predicted molar refractivity (Wildman–Crippen MR) is 132 cm³/mol. The molecule has 0 aliphatic rings. The monoisotopic (exact) mass is 471 g/mol. The molecular formula is C26H27Cl2NO3. The van der Waals surface area contributed by atoms with Gasteiger partial charge < -0.3 is 14.8 Å². The van der Waals surface area contributed by atoms with Crippen LogP contribution in [0.3, 0.4) is 0 Å². The molecule has 0 aliphatic heterocycles. The first-order valence-electron chi connectivity index (χ1n) is 10.4. The molecule has 0 heterocycles. The summed E-state index contributed by atoms with van der Waals surface area (Å²) < 4.78 is 11.7. The van der Waals surface area contributed by atoms with E-state index in [4.69, 9.17) is 32.7 Å². The van der Waals surface area contributed by atoms with Gasteiger partial charge >= 0.3 is 0 Å². The first kappa shape index (κ1) is 24.0. The van der Waals surface area contributed by atoms with Gasteiger partial charge in [0, 0.05) is 11.1 Å². The lowest BCUT2D eigenvalue weighted by atomic mass is 9.87. The minimum absolute atomic E-state index is 0.0776. The SMILES string of the molecule is CCOc1ccc(C(=O)Nc2cccc(Cl)c2Cl)cc1COc1ccc(C(C)(C)C)cc1. The van der Waals surface area contributed by atoms with E-state index in [0.717, 1.165) is 11.3 Å². The van der Waals surface area contributed by atoms with Gasteiger partial charge in [-0.25, -0.2) is 0 Å². The van der Waals surface area contributed by atoms with Crippen molar-refractivity contribution in [1.82, 2.24) is 0 Å². The van der Waals surface area contributed by atoms with E-state index in [1.165, 1.54) is 5.56 Å².